The molecular formula is C16H25FN2. The van der Waals surface area contributed by atoms with Crippen LogP contribution in [0.25, 0.3) is 0 Å². The Kier molecular flexibility index (Phi) is 4.14. The molecule has 1 heterocycles. The Balaban J connectivity index is 2.28. The van der Waals surface area contributed by atoms with Crippen LogP contribution in [0.15, 0.2) is 18.2 Å². The molecular weight excluding hydrogens is 239 g/mol. The SMILES string of the molecule is CCC1(CC)CN(c2ccc(C)c(F)c2)C(C)CN1. The van der Waals surface area contributed by atoms with E-state index in [4.69, 9.17) is 0 Å². The molecule has 0 radical (unpaired) electrons. The lowest BCUT2D eigenvalue weighted by atomic mass is 9.88. The molecule has 2 rings (SSSR count). The molecule has 0 saturated carbocycles. The summed E-state index contributed by atoms with van der Waals surface area (Å²) in [6.45, 7) is 10.4. The van der Waals surface area contributed by atoms with Crippen molar-refractivity contribution in [2.75, 3.05) is 18.0 Å². The molecule has 19 heavy (non-hydrogen) atoms. The Morgan fingerprint density at radius 2 is 2.05 bits per heavy atom. The summed E-state index contributed by atoms with van der Waals surface area (Å²) in [6.07, 6.45) is 2.20. The van der Waals surface area contributed by atoms with Crippen LogP contribution in [0.4, 0.5) is 10.1 Å². The molecule has 0 bridgehead atoms. The van der Waals surface area contributed by atoms with Gasteiger partial charge in [0, 0.05) is 30.4 Å². The Hall–Kier alpha value is -1.09. The first kappa shape index (κ1) is 14.3. The van der Waals surface area contributed by atoms with Gasteiger partial charge >= 0.3 is 0 Å². The highest BCUT2D eigenvalue weighted by Crippen LogP contribution is 2.28. The largest absolute Gasteiger partial charge is 0.366 e. The summed E-state index contributed by atoms with van der Waals surface area (Å²) in [7, 11) is 0. The predicted molar refractivity (Wildman–Crippen MR) is 79.3 cm³/mol. The van der Waals surface area contributed by atoms with Crippen LogP contribution in [0.2, 0.25) is 0 Å². The van der Waals surface area contributed by atoms with Gasteiger partial charge in [0.1, 0.15) is 5.82 Å². The lowest BCUT2D eigenvalue weighted by Crippen LogP contribution is -2.63. The molecule has 1 fully saturated rings. The molecule has 0 amide bonds. The lowest BCUT2D eigenvalue weighted by molar-refractivity contribution is 0.253. The van der Waals surface area contributed by atoms with Crippen molar-refractivity contribution in [3.05, 3.63) is 29.6 Å². The molecule has 1 N–H and O–H groups in total. The molecule has 1 saturated heterocycles. The Morgan fingerprint density at radius 1 is 1.37 bits per heavy atom. The van der Waals surface area contributed by atoms with Crippen LogP contribution in [0.1, 0.15) is 39.2 Å². The first-order valence-electron chi connectivity index (χ1n) is 7.29. The van der Waals surface area contributed by atoms with Gasteiger partial charge in [0.15, 0.2) is 0 Å². The Morgan fingerprint density at radius 3 is 2.63 bits per heavy atom. The summed E-state index contributed by atoms with van der Waals surface area (Å²) in [5, 5.41) is 3.67. The van der Waals surface area contributed by atoms with Crippen LogP contribution in [0.3, 0.4) is 0 Å². The number of rotatable bonds is 3. The number of nitrogens with zero attached hydrogens (tertiary/aromatic N) is 1. The van der Waals surface area contributed by atoms with E-state index in [0.717, 1.165) is 31.6 Å². The maximum atomic E-state index is 13.8. The van der Waals surface area contributed by atoms with Crippen molar-refractivity contribution in [1.29, 1.82) is 0 Å². The van der Waals surface area contributed by atoms with E-state index in [9.17, 15) is 4.39 Å². The van der Waals surface area contributed by atoms with Gasteiger partial charge in [-0.1, -0.05) is 19.9 Å². The number of piperazine rings is 1. The summed E-state index contributed by atoms with van der Waals surface area (Å²) in [4.78, 5) is 2.34. The molecule has 3 heteroatoms. The minimum atomic E-state index is -0.109. The van der Waals surface area contributed by atoms with Gasteiger partial charge in [0.05, 0.1) is 0 Å². The zero-order valence-electron chi connectivity index (χ0n) is 12.5. The fourth-order valence-electron chi connectivity index (χ4n) is 2.84. The fraction of sp³-hybridized carbons (Fsp3) is 0.625. The van der Waals surface area contributed by atoms with Crippen molar-refractivity contribution < 1.29 is 4.39 Å². The zero-order chi connectivity index (χ0) is 14.0. The maximum absolute atomic E-state index is 13.8. The average Bonchev–Trinajstić information content (AvgIpc) is 2.43. The quantitative estimate of drug-likeness (QED) is 0.899. The number of anilines is 1. The molecule has 0 aliphatic carbocycles. The molecule has 106 valence electrons. The van der Waals surface area contributed by atoms with E-state index in [0.29, 0.717) is 11.6 Å². The topological polar surface area (TPSA) is 15.3 Å². The molecule has 1 aromatic rings. The van der Waals surface area contributed by atoms with E-state index in [1.54, 1.807) is 6.07 Å². The molecule has 1 unspecified atom stereocenters. The number of nitrogens with one attached hydrogen (secondary N) is 1. The molecule has 1 atom stereocenters. The van der Waals surface area contributed by atoms with Crippen LogP contribution in [0, 0.1) is 12.7 Å². The Bertz CT molecular complexity index is 440. The molecule has 1 aromatic carbocycles. The van der Waals surface area contributed by atoms with Gasteiger partial charge in [-0.2, -0.15) is 0 Å². The number of aryl methyl sites for hydroxylation is 1. The average molecular weight is 264 g/mol. The molecule has 2 nitrogen and oxygen atoms in total. The van der Waals surface area contributed by atoms with E-state index in [1.807, 2.05) is 19.1 Å². The first-order valence-corrected chi connectivity index (χ1v) is 7.29. The van der Waals surface area contributed by atoms with Crippen LogP contribution < -0.4 is 10.2 Å². The van der Waals surface area contributed by atoms with E-state index < -0.39 is 0 Å². The fourth-order valence-corrected chi connectivity index (χ4v) is 2.84. The van der Waals surface area contributed by atoms with Crippen molar-refractivity contribution in [3.8, 4) is 0 Å². The third-order valence-corrected chi connectivity index (χ3v) is 4.62. The van der Waals surface area contributed by atoms with Gasteiger partial charge in [-0.15, -0.1) is 0 Å². The normalized spacial score (nSPS) is 22.6. The van der Waals surface area contributed by atoms with Crippen LogP contribution in [0.5, 0.6) is 0 Å². The monoisotopic (exact) mass is 264 g/mol. The van der Waals surface area contributed by atoms with Crippen molar-refractivity contribution in [3.63, 3.8) is 0 Å². The van der Waals surface area contributed by atoms with Crippen LogP contribution in [-0.4, -0.2) is 24.7 Å². The summed E-state index contributed by atoms with van der Waals surface area (Å²) < 4.78 is 13.8. The zero-order valence-corrected chi connectivity index (χ0v) is 12.5. The van der Waals surface area contributed by atoms with Gasteiger partial charge < -0.3 is 10.2 Å². The number of halogens is 1. The summed E-state index contributed by atoms with van der Waals surface area (Å²) >= 11 is 0. The van der Waals surface area contributed by atoms with Gasteiger partial charge in [0.25, 0.3) is 0 Å². The van der Waals surface area contributed by atoms with Crippen LogP contribution in [-0.2, 0) is 0 Å². The highest BCUT2D eigenvalue weighted by Gasteiger charge is 2.35. The predicted octanol–water partition coefficient (Wildman–Crippen LogP) is 3.49. The highest BCUT2D eigenvalue weighted by molar-refractivity contribution is 5.50. The maximum Gasteiger partial charge on any atom is 0.128 e. The van der Waals surface area contributed by atoms with Gasteiger partial charge in [-0.3, -0.25) is 0 Å². The molecule has 0 aromatic heterocycles. The van der Waals surface area contributed by atoms with Gasteiger partial charge in [-0.05, 0) is 44.4 Å². The smallest absolute Gasteiger partial charge is 0.128 e. The molecule has 0 spiro atoms. The van der Waals surface area contributed by atoms with Crippen molar-refractivity contribution >= 4 is 5.69 Å². The van der Waals surface area contributed by atoms with E-state index in [-0.39, 0.29) is 11.4 Å². The Labute approximate surface area is 116 Å². The third kappa shape index (κ3) is 2.76. The standard InChI is InChI=1S/C16H25FN2/c1-5-16(6-2)11-19(13(4)10-18-16)14-8-7-12(3)15(17)9-14/h7-9,13,18H,5-6,10-11H2,1-4H3. The second kappa shape index (κ2) is 5.49. The van der Waals surface area contributed by atoms with E-state index >= 15 is 0 Å². The minimum Gasteiger partial charge on any atom is -0.366 e. The van der Waals surface area contributed by atoms with E-state index in [2.05, 4.69) is 31.0 Å². The summed E-state index contributed by atoms with van der Waals surface area (Å²) in [5.41, 5.74) is 1.88. The van der Waals surface area contributed by atoms with E-state index in [1.165, 1.54) is 0 Å². The van der Waals surface area contributed by atoms with Crippen LogP contribution >= 0.6 is 0 Å². The first-order chi connectivity index (χ1) is 9.01. The molecule has 1 aliphatic rings. The number of benzene rings is 1. The minimum absolute atomic E-state index is 0.109. The number of hydrogen-bond acceptors (Lipinski definition) is 2. The summed E-state index contributed by atoms with van der Waals surface area (Å²) in [5.74, 6) is -0.109. The highest BCUT2D eigenvalue weighted by atomic mass is 19.1. The summed E-state index contributed by atoms with van der Waals surface area (Å²) in [6, 6.07) is 5.98. The lowest BCUT2D eigenvalue weighted by Gasteiger charge is -2.47. The van der Waals surface area contributed by atoms with Crippen molar-refractivity contribution in [2.45, 2.75) is 52.1 Å². The van der Waals surface area contributed by atoms with Gasteiger partial charge in [-0.25, -0.2) is 4.39 Å². The molecule has 1 aliphatic heterocycles. The second-order valence-corrected chi connectivity index (χ2v) is 5.78. The van der Waals surface area contributed by atoms with Gasteiger partial charge in [0.2, 0.25) is 0 Å². The number of hydrogen-bond donors (Lipinski definition) is 1. The second-order valence-electron chi connectivity index (χ2n) is 5.78. The van der Waals surface area contributed by atoms with Crippen molar-refractivity contribution in [1.82, 2.24) is 5.32 Å². The van der Waals surface area contributed by atoms with Crippen molar-refractivity contribution in [2.24, 2.45) is 0 Å². The third-order valence-electron chi connectivity index (χ3n) is 4.62.